The average molecular weight is 487 g/mol. The molecule has 1 saturated carbocycles. The Balaban J connectivity index is 1.42. The molecule has 0 unspecified atom stereocenters. The van der Waals surface area contributed by atoms with Crippen molar-refractivity contribution >= 4 is 0 Å². The van der Waals surface area contributed by atoms with Crippen LogP contribution in [0.5, 0.6) is 11.5 Å². The Morgan fingerprint density at radius 1 is 0.686 bits per heavy atom. The Morgan fingerprint density at radius 2 is 1.31 bits per heavy atom. The molecule has 1 aliphatic carbocycles. The van der Waals surface area contributed by atoms with E-state index in [1.165, 1.54) is 18.2 Å². The van der Waals surface area contributed by atoms with E-state index in [2.05, 4.69) is 6.92 Å². The molecular weight excluding hydrogens is 456 g/mol. The zero-order valence-corrected chi connectivity index (χ0v) is 20.1. The van der Waals surface area contributed by atoms with Gasteiger partial charge in [-0.2, -0.15) is 8.78 Å². The van der Waals surface area contributed by atoms with Gasteiger partial charge in [-0.25, -0.2) is 8.78 Å². The van der Waals surface area contributed by atoms with Gasteiger partial charge in [0.2, 0.25) is 11.6 Å². The van der Waals surface area contributed by atoms with Gasteiger partial charge in [0.25, 0.3) is 0 Å². The van der Waals surface area contributed by atoms with Crippen molar-refractivity contribution in [1.82, 2.24) is 0 Å². The monoisotopic (exact) mass is 486 g/mol. The minimum Gasteiger partial charge on any atom is -0.491 e. The lowest BCUT2D eigenvalue weighted by Crippen LogP contribution is -2.14. The molecule has 6 heteroatoms. The van der Waals surface area contributed by atoms with Gasteiger partial charge in [-0.1, -0.05) is 43.7 Å². The third-order valence-corrected chi connectivity index (χ3v) is 6.95. The van der Waals surface area contributed by atoms with Gasteiger partial charge >= 0.3 is 0 Å². The molecule has 0 saturated heterocycles. The van der Waals surface area contributed by atoms with Crippen LogP contribution >= 0.6 is 0 Å². The highest BCUT2D eigenvalue weighted by molar-refractivity contribution is 5.65. The lowest BCUT2D eigenvalue weighted by atomic mass is 9.77. The first-order valence-corrected chi connectivity index (χ1v) is 12.2. The van der Waals surface area contributed by atoms with Gasteiger partial charge in [0, 0.05) is 5.56 Å². The van der Waals surface area contributed by atoms with Gasteiger partial charge in [-0.05, 0) is 79.3 Å². The topological polar surface area (TPSA) is 18.5 Å². The summed E-state index contributed by atoms with van der Waals surface area (Å²) >= 11 is 0. The van der Waals surface area contributed by atoms with Gasteiger partial charge in [0.1, 0.15) is 6.61 Å². The molecule has 1 aliphatic rings. The van der Waals surface area contributed by atoms with E-state index in [-0.39, 0.29) is 36.2 Å². The maximum atomic E-state index is 14.8. The van der Waals surface area contributed by atoms with Crippen LogP contribution in [0.1, 0.15) is 63.0 Å². The van der Waals surface area contributed by atoms with Crippen molar-refractivity contribution in [3.8, 4) is 22.6 Å². The standard InChI is InChI=1S/C29H30F4O2/c1-3-18-5-9-20(10-6-18)23-14-16-25(29(33)27(23)31)35-17-19-7-11-21(12-8-19)22-13-15-24(34-4-2)28(32)26(22)30/h7-8,11-16,18,20H,3-6,9-10,17H2,1-2H3. The second-order valence-electron chi connectivity index (χ2n) is 9.06. The van der Waals surface area contributed by atoms with Crippen molar-refractivity contribution in [2.45, 2.75) is 58.5 Å². The summed E-state index contributed by atoms with van der Waals surface area (Å²) in [4.78, 5) is 0. The zero-order chi connectivity index (χ0) is 24.9. The van der Waals surface area contributed by atoms with Crippen molar-refractivity contribution in [3.05, 3.63) is 82.9 Å². The lowest BCUT2D eigenvalue weighted by molar-refractivity contribution is 0.280. The maximum absolute atomic E-state index is 14.8. The number of halogens is 4. The third kappa shape index (κ3) is 5.47. The fraction of sp³-hybridized carbons (Fsp3) is 0.379. The molecule has 35 heavy (non-hydrogen) atoms. The molecule has 0 bridgehead atoms. The maximum Gasteiger partial charge on any atom is 0.201 e. The molecule has 0 heterocycles. The quantitative estimate of drug-likeness (QED) is 0.297. The van der Waals surface area contributed by atoms with E-state index < -0.39 is 23.3 Å². The van der Waals surface area contributed by atoms with E-state index in [0.717, 1.165) is 32.1 Å². The van der Waals surface area contributed by atoms with Gasteiger partial charge in [0.15, 0.2) is 23.1 Å². The second kappa shape index (κ2) is 11.1. The van der Waals surface area contributed by atoms with E-state index in [4.69, 9.17) is 9.47 Å². The normalized spacial score (nSPS) is 17.9. The number of rotatable bonds is 8. The number of hydrogen-bond acceptors (Lipinski definition) is 2. The first-order chi connectivity index (χ1) is 16.9. The summed E-state index contributed by atoms with van der Waals surface area (Å²) < 4.78 is 68.8. The lowest BCUT2D eigenvalue weighted by Gasteiger charge is -2.28. The first-order valence-electron chi connectivity index (χ1n) is 12.2. The molecule has 0 atom stereocenters. The van der Waals surface area contributed by atoms with E-state index in [0.29, 0.717) is 22.6 Å². The molecule has 0 aromatic heterocycles. The number of ether oxygens (including phenoxy) is 2. The predicted octanol–water partition coefficient (Wildman–Crippen LogP) is 8.57. The molecule has 0 aliphatic heterocycles. The Hall–Kier alpha value is -3.02. The van der Waals surface area contributed by atoms with E-state index in [1.54, 1.807) is 37.3 Å². The van der Waals surface area contributed by atoms with Crippen LogP contribution in [-0.2, 0) is 6.61 Å². The van der Waals surface area contributed by atoms with Crippen LogP contribution in [0.15, 0.2) is 48.5 Å². The summed E-state index contributed by atoms with van der Waals surface area (Å²) in [5, 5.41) is 0. The summed E-state index contributed by atoms with van der Waals surface area (Å²) in [6.45, 7) is 4.11. The van der Waals surface area contributed by atoms with Gasteiger partial charge < -0.3 is 9.47 Å². The molecule has 2 nitrogen and oxygen atoms in total. The van der Waals surface area contributed by atoms with Crippen LogP contribution in [0.4, 0.5) is 17.6 Å². The molecule has 0 amide bonds. The predicted molar refractivity (Wildman–Crippen MR) is 129 cm³/mol. The Labute approximate surface area is 203 Å². The van der Waals surface area contributed by atoms with Crippen LogP contribution in [-0.4, -0.2) is 6.61 Å². The van der Waals surface area contributed by atoms with E-state index in [1.807, 2.05) is 0 Å². The molecule has 0 radical (unpaired) electrons. The Morgan fingerprint density at radius 3 is 1.97 bits per heavy atom. The summed E-state index contributed by atoms with van der Waals surface area (Å²) in [7, 11) is 0. The summed E-state index contributed by atoms with van der Waals surface area (Å²) in [6.07, 6.45) is 4.97. The molecule has 186 valence electrons. The van der Waals surface area contributed by atoms with Crippen molar-refractivity contribution < 1.29 is 27.0 Å². The average Bonchev–Trinajstić information content (AvgIpc) is 2.88. The van der Waals surface area contributed by atoms with Crippen LogP contribution in [0.2, 0.25) is 0 Å². The highest BCUT2D eigenvalue weighted by Gasteiger charge is 2.26. The van der Waals surface area contributed by atoms with Crippen molar-refractivity contribution in [1.29, 1.82) is 0 Å². The minimum atomic E-state index is -1.03. The summed E-state index contributed by atoms with van der Waals surface area (Å²) in [5.41, 5.74) is 1.70. The first kappa shape index (κ1) is 25.1. The number of hydrogen-bond donors (Lipinski definition) is 0. The smallest absolute Gasteiger partial charge is 0.201 e. The van der Waals surface area contributed by atoms with Crippen LogP contribution in [0.25, 0.3) is 11.1 Å². The summed E-state index contributed by atoms with van der Waals surface area (Å²) in [5.74, 6) is -3.36. The molecule has 0 spiro atoms. The van der Waals surface area contributed by atoms with Crippen LogP contribution < -0.4 is 9.47 Å². The third-order valence-electron chi connectivity index (χ3n) is 6.95. The fourth-order valence-electron chi connectivity index (χ4n) is 4.82. The van der Waals surface area contributed by atoms with E-state index in [9.17, 15) is 17.6 Å². The van der Waals surface area contributed by atoms with Crippen molar-refractivity contribution in [2.75, 3.05) is 6.61 Å². The zero-order valence-electron chi connectivity index (χ0n) is 20.1. The van der Waals surface area contributed by atoms with Crippen molar-refractivity contribution in [3.63, 3.8) is 0 Å². The van der Waals surface area contributed by atoms with Gasteiger partial charge in [-0.3, -0.25) is 0 Å². The highest BCUT2D eigenvalue weighted by Crippen LogP contribution is 2.39. The Bertz CT molecular complexity index is 1150. The number of benzene rings is 3. The molecule has 0 N–H and O–H groups in total. The molecule has 3 aromatic rings. The van der Waals surface area contributed by atoms with Crippen LogP contribution in [0.3, 0.4) is 0 Å². The minimum absolute atomic E-state index is 0.0116. The highest BCUT2D eigenvalue weighted by atomic mass is 19.2. The van der Waals surface area contributed by atoms with E-state index >= 15 is 0 Å². The molecule has 3 aromatic carbocycles. The van der Waals surface area contributed by atoms with Gasteiger partial charge in [0.05, 0.1) is 6.61 Å². The second-order valence-corrected chi connectivity index (χ2v) is 9.06. The molecular formula is C29H30F4O2. The molecule has 1 fully saturated rings. The van der Waals surface area contributed by atoms with Crippen LogP contribution in [0, 0.1) is 29.2 Å². The SMILES string of the molecule is CCOc1ccc(-c2ccc(COc3ccc(C4CCC(CC)CC4)c(F)c3F)cc2)c(F)c1F. The molecule has 4 rings (SSSR count). The fourth-order valence-corrected chi connectivity index (χ4v) is 4.82. The Kier molecular flexibility index (Phi) is 7.99. The summed E-state index contributed by atoms with van der Waals surface area (Å²) in [6, 6.07) is 12.6. The van der Waals surface area contributed by atoms with Gasteiger partial charge in [-0.15, -0.1) is 0 Å². The van der Waals surface area contributed by atoms with Crippen molar-refractivity contribution in [2.24, 2.45) is 5.92 Å². The largest absolute Gasteiger partial charge is 0.491 e.